The zero-order valence-electron chi connectivity index (χ0n) is 15.8. The minimum absolute atomic E-state index is 0.153. The van der Waals surface area contributed by atoms with Crippen molar-refractivity contribution < 1.29 is 5.11 Å². The average molecular weight is 363 g/mol. The Morgan fingerprint density at radius 2 is 1.96 bits per heavy atom. The first-order chi connectivity index (χ1) is 13.1. The number of fused-ring (bicyclic) bond motifs is 2. The minimum atomic E-state index is -0.442. The number of anilines is 1. The third-order valence-corrected chi connectivity index (χ3v) is 6.19. The summed E-state index contributed by atoms with van der Waals surface area (Å²) in [7, 11) is 0. The SMILES string of the molecule is CC(C)C1CCN1c1ncnc2c1ncn2[C@H]1c2ccccc2CC[C@H]1O. The predicted molar refractivity (Wildman–Crippen MR) is 105 cm³/mol. The molecule has 0 saturated carbocycles. The van der Waals surface area contributed by atoms with Crippen LogP contribution in [-0.4, -0.2) is 43.3 Å². The summed E-state index contributed by atoms with van der Waals surface area (Å²) in [4.78, 5) is 16.1. The molecule has 1 aliphatic heterocycles. The van der Waals surface area contributed by atoms with E-state index >= 15 is 0 Å². The van der Waals surface area contributed by atoms with Crippen molar-refractivity contribution in [1.29, 1.82) is 0 Å². The molecule has 0 bridgehead atoms. The van der Waals surface area contributed by atoms with Gasteiger partial charge in [0.05, 0.1) is 18.5 Å². The van der Waals surface area contributed by atoms with Crippen LogP contribution in [0.25, 0.3) is 11.2 Å². The number of imidazole rings is 1. The smallest absolute Gasteiger partial charge is 0.166 e. The van der Waals surface area contributed by atoms with Crippen molar-refractivity contribution in [3.8, 4) is 0 Å². The van der Waals surface area contributed by atoms with E-state index in [0.29, 0.717) is 12.0 Å². The summed E-state index contributed by atoms with van der Waals surface area (Å²) in [6.07, 6.45) is 5.86. The van der Waals surface area contributed by atoms with Gasteiger partial charge in [-0.15, -0.1) is 0 Å². The third kappa shape index (κ3) is 2.54. The molecule has 1 fully saturated rings. The normalized spacial score (nSPS) is 24.9. The van der Waals surface area contributed by atoms with Gasteiger partial charge in [-0.05, 0) is 36.3 Å². The van der Waals surface area contributed by atoms with E-state index in [1.807, 2.05) is 17.0 Å². The second kappa shape index (κ2) is 6.30. The fourth-order valence-electron chi connectivity index (χ4n) is 4.67. The molecule has 1 unspecified atom stereocenters. The van der Waals surface area contributed by atoms with Crippen LogP contribution >= 0.6 is 0 Å². The first-order valence-electron chi connectivity index (χ1n) is 9.85. The van der Waals surface area contributed by atoms with Gasteiger partial charge in [0.25, 0.3) is 0 Å². The highest BCUT2D eigenvalue weighted by Crippen LogP contribution is 2.37. The Hall–Kier alpha value is -2.47. The molecule has 2 aliphatic rings. The fourth-order valence-corrected chi connectivity index (χ4v) is 4.67. The highest BCUT2D eigenvalue weighted by Gasteiger charge is 2.35. The average Bonchev–Trinajstić information content (AvgIpc) is 3.05. The molecule has 140 valence electrons. The molecule has 0 amide bonds. The lowest BCUT2D eigenvalue weighted by molar-refractivity contribution is 0.115. The molecule has 3 atom stereocenters. The van der Waals surface area contributed by atoms with Crippen molar-refractivity contribution in [2.24, 2.45) is 5.92 Å². The number of aryl methyl sites for hydroxylation is 1. The number of aliphatic hydroxyl groups excluding tert-OH is 1. The molecule has 1 N–H and O–H groups in total. The summed E-state index contributed by atoms with van der Waals surface area (Å²) in [6.45, 7) is 5.52. The lowest BCUT2D eigenvalue weighted by Crippen LogP contribution is -2.51. The molecule has 6 heteroatoms. The molecule has 1 aliphatic carbocycles. The van der Waals surface area contributed by atoms with Crippen molar-refractivity contribution in [1.82, 2.24) is 19.5 Å². The van der Waals surface area contributed by atoms with Crippen LogP contribution in [0.5, 0.6) is 0 Å². The monoisotopic (exact) mass is 363 g/mol. The van der Waals surface area contributed by atoms with E-state index in [1.165, 1.54) is 17.5 Å². The molecular formula is C21H25N5O. The summed E-state index contributed by atoms with van der Waals surface area (Å²) in [5, 5.41) is 10.8. The van der Waals surface area contributed by atoms with Crippen molar-refractivity contribution in [3.05, 3.63) is 48.0 Å². The number of aliphatic hydroxyl groups is 1. The molecule has 2 aromatic heterocycles. The van der Waals surface area contributed by atoms with Gasteiger partial charge in [-0.3, -0.25) is 0 Å². The molecule has 3 aromatic rings. The number of benzene rings is 1. The summed E-state index contributed by atoms with van der Waals surface area (Å²) < 4.78 is 2.04. The Kier molecular flexibility index (Phi) is 3.90. The maximum atomic E-state index is 10.8. The van der Waals surface area contributed by atoms with Crippen molar-refractivity contribution >= 4 is 17.0 Å². The van der Waals surface area contributed by atoms with Crippen molar-refractivity contribution in [2.45, 2.75) is 51.3 Å². The van der Waals surface area contributed by atoms with Gasteiger partial charge in [0.2, 0.25) is 0 Å². The molecule has 0 spiro atoms. The van der Waals surface area contributed by atoms with E-state index in [-0.39, 0.29) is 6.04 Å². The zero-order valence-corrected chi connectivity index (χ0v) is 15.8. The predicted octanol–water partition coefficient (Wildman–Crippen LogP) is 2.96. The fraction of sp³-hybridized carbons (Fsp3) is 0.476. The van der Waals surface area contributed by atoms with E-state index in [9.17, 15) is 5.11 Å². The maximum Gasteiger partial charge on any atom is 0.166 e. The van der Waals surface area contributed by atoms with Gasteiger partial charge >= 0.3 is 0 Å². The molecule has 6 nitrogen and oxygen atoms in total. The largest absolute Gasteiger partial charge is 0.391 e. The van der Waals surface area contributed by atoms with Crippen LogP contribution in [0.1, 0.15) is 43.9 Å². The molecule has 1 aromatic carbocycles. The molecule has 0 radical (unpaired) electrons. The highest BCUT2D eigenvalue weighted by molar-refractivity contribution is 5.84. The van der Waals surface area contributed by atoms with Crippen LogP contribution in [0.15, 0.2) is 36.9 Å². The molecular weight excluding hydrogens is 338 g/mol. The Balaban J connectivity index is 1.61. The zero-order chi connectivity index (χ0) is 18.5. The van der Waals surface area contributed by atoms with Crippen LogP contribution in [0.2, 0.25) is 0 Å². The van der Waals surface area contributed by atoms with Crippen LogP contribution in [0.4, 0.5) is 5.82 Å². The van der Waals surface area contributed by atoms with Crippen molar-refractivity contribution in [2.75, 3.05) is 11.4 Å². The quantitative estimate of drug-likeness (QED) is 0.775. The molecule has 1 saturated heterocycles. The minimum Gasteiger partial charge on any atom is -0.391 e. The second-order valence-corrected chi connectivity index (χ2v) is 8.06. The highest BCUT2D eigenvalue weighted by atomic mass is 16.3. The van der Waals surface area contributed by atoms with Crippen LogP contribution in [0.3, 0.4) is 0 Å². The second-order valence-electron chi connectivity index (χ2n) is 8.06. The lowest BCUT2D eigenvalue weighted by Gasteiger charge is -2.44. The Bertz CT molecular complexity index is 982. The third-order valence-electron chi connectivity index (χ3n) is 6.19. The van der Waals surface area contributed by atoms with Gasteiger partial charge in [-0.2, -0.15) is 0 Å². The van der Waals surface area contributed by atoms with Gasteiger partial charge in [-0.25, -0.2) is 15.0 Å². The number of hydrogen-bond donors (Lipinski definition) is 1. The van der Waals surface area contributed by atoms with Crippen LogP contribution in [-0.2, 0) is 6.42 Å². The number of hydrogen-bond acceptors (Lipinski definition) is 5. The van der Waals surface area contributed by atoms with Crippen LogP contribution in [0, 0.1) is 5.92 Å². The summed E-state index contributed by atoms with van der Waals surface area (Å²) in [5.41, 5.74) is 4.10. The standard InChI is InChI=1S/C21H25N5O/c1-13(2)16-9-10-25(16)20-18-21(23-11-22-20)26(12-24-18)19-15-6-4-3-5-14(15)7-8-17(19)27/h3-6,11-13,16-17,19,27H,7-10H2,1-2H3/t16?,17-,19+/m1/s1. The van der Waals surface area contributed by atoms with Gasteiger partial charge in [0.1, 0.15) is 6.33 Å². The van der Waals surface area contributed by atoms with E-state index in [2.05, 4.69) is 51.9 Å². The first kappa shape index (κ1) is 16.7. The Labute approximate surface area is 158 Å². The van der Waals surface area contributed by atoms with E-state index in [0.717, 1.165) is 36.4 Å². The number of aromatic nitrogens is 4. The topological polar surface area (TPSA) is 67.1 Å². The number of nitrogens with zero attached hydrogens (tertiary/aromatic N) is 5. The summed E-state index contributed by atoms with van der Waals surface area (Å²) >= 11 is 0. The first-order valence-corrected chi connectivity index (χ1v) is 9.85. The Morgan fingerprint density at radius 1 is 1.11 bits per heavy atom. The maximum absolute atomic E-state index is 10.8. The Morgan fingerprint density at radius 3 is 2.74 bits per heavy atom. The van der Waals surface area contributed by atoms with E-state index in [1.54, 1.807) is 6.33 Å². The van der Waals surface area contributed by atoms with Gasteiger partial charge in [-0.1, -0.05) is 38.1 Å². The van der Waals surface area contributed by atoms with Crippen LogP contribution < -0.4 is 4.90 Å². The van der Waals surface area contributed by atoms with Gasteiger partial charge in [0.15, 0.2) is 17.0 Å². The number of rotatable bonds is 3. The van der Waals surface area contributed by atoms with Crippen molar-refractivity contribution in [3.63, 3.8) is 0 Å². The summed E-state index contributed by atoms with van der Waals surface area (Å²) in [6, 6.07) is 8.72. The van der Waals surface area contributed by atoms with E-state index < -0.39 is 6.10 Å². The molecule has 3 heterocycles. The summed E-state index contributed by atoms with van der Waals surface area (Å²) in [5.74, 6) is 1.50. The van der Waals surface area contributed by atoms with Gasteiger partial charge < -0.3 is 14.6 Å². The van der Waals surface area contributed by atoms with Gasteiger partial charge in [0, 0.05) is 12.6 Å². The molecule has 5 rings (SSSR count). The lowest BCUT2D eigenvalue weighted by atomic mass is 9.85. The van der Waals surface area contributed by atoms with E-state index in [4.69, 9.17) is 0 Å². The molecule has 27 heavy (non-hydrogen) atoms.